The second-order valence-electron chi connectivity index (χ2n) is 8.01. The minimum Gasteiger partial charge on any atom is -0.497 e. The molecule has 29 heavy (non-hydrogen) atoms. The lowest BCUT2D eigenvalue weighted by atomic mass is 9.88. The van der Waals surface area contributed by atoms with E-state index in [1.165, 1.54) is 52.4 Å². The van der Waals surface area contributed by atoms with Crippen LogP contribution in [0.2, 0.25) is 0 Å². The summed E-state index contributed by atoms with van der Waals surface area (Å²) in [5.41, 5.74) is 6.54. The zero-order valence-corrected chi connectivity index (χ0v) is 17.7. The lowest BCUT2D eigenvalue weighted by Gasteiger charge is -2.33. The summed E-state index contributed by atoms with van der Waals surface area (Å²) in [6.07, 6.45) is 6.26. The van der Waals surface area contributed by atoms with Crippen molar-refractivity contribution in [1.82, 2.24) is 5.32 Å². The topological polar surface area (TPSA) is 44.7 Å². The van der Waals surface area contributed by atoms with Gasteiger partial charge in [-0.05, 0) is 71.7 Å². The maximum absolute atomic E-state index is 9.29. The molecule has 3 heterocycles. The summed E-state index contributed by atoms with van der Waals surface area (Å²) in [5.74, 6) is 2.59. The molecule has 152 valence electrons. The Bertz CT molecular complexity index is 943. The van der Waals surface area contributed by atoms with Gasteiger partial charge in [-0.3, -0.25) is 0 Å². The van der Waals surface area contributed by atoms with Gasteiger partial charge >= 0.3 is 0 Å². The average molecular weight is 409 g/mol. The van der Waals surface area contributed by atoms with E-state index in [2.05, 4.69) is 34.5 Å². The summed E-state index contributed by atoms with van der Waals surface area (Å²) < 4.78 is 5.44. The van der Waals surface area contributed by atoms with E-state index in [0.29, 0.717) is 12.0 Å². The van der Waals surface area contributed by atoms with Crippen LogP contribution in [0.25, 0.3) is 17.2 Å². The number of thioether (sulfide) groups is 1. The van der Waals surface area contributed by atoms with Gasteiger partial charge in [0.2, 0.25) is 0 Å². The van der Waals surface area contributed by atoms with Crippen molar-refractivity contribution in [3.8, 4) is 16.9 Å². The van der Waals surface area contributed by atoms with E-state index < -0.39 is 0 Å². The molecule has 1 saturated heterocycles. The van der Waals surface area contributed by atoms with Crippen LogP contribution < -0.4 is 15.0 Å². The molecule has 2 aromatic carbocycles. The van der Waals surface area contributed by atoms with Crippen molar-refractivity contribution < 1.29 is 9.84 Å². The van der Waals surface area contributed by atoms with Crippen molar-refractivity contribution in [3.05, 3.63) is 47.5 Å². The number of hydrogen-bond donors (Lipinski definition) is 2. The SMILES string of the molecule is COc1ccc(-c2cc3c4c(c2)[C@@H]2CNCC[C@@H]2N4CCCS3)c(/C=C/CO)c1. The number of ether oxygens (including phenoxy) is 1. The monoisotopic (exact) mass is 408 g/mol. The van der Waals surface area contributed by atoms with Crippen LogP contribution in [0, 0.1) is 0 Å². The highest BCUT2D eigenvalue weighted by Gasteiger charge is 2.41. The first-order valence-corrected chi connectivity index (χ1v) is 11.5. The molecule has 3 aliphatic rings. The van der Waals surface area contributed by atoms with Crippen LogP contribution in [0.5, 0.6) is 5.75 Å². The number of benzene rings is 2. The number of nitrogens with one attached hydrogen (secondary N) is 1. The molecule has 0 spiro atoms. The summed E-state index contributed by atoms with van der Waals surface area (Å²) in [6, 6.07) is 11.7. The number of rotatable bonds is 4. The highest BCUT2D eigenvalue weighted by molar-refractivity contribution is 7.99. The third-order valence-corrected chi connectivity index (χ3v) is 7.53. The maximum Gasteiger partial charge on any atom is 0.119 e. The second kappa shape index (κ2) is 8.05. The molecule has 0 unspecified atom stereocenters. The van der Waals surface area contributed by atoms with Crippen molar-refractivity contribution in [2.24, 2.45) is 0 Å². The number of anilines is 1. The van der Waals surface area contributed by atoms with E-state index in [4.69, 9.17) is 4.74 Å². The van der Waals surface area contributed by atoms with Gasteiger partial charge in [0.05, 0.1) is 19.4 Å². The van der Waals surface area contributed by atoms with E-state index in [0.717, 1.165) is 24.4 Å². The van der Waals surface area contributed by atoms with E-state index in [1.54, 1.807) is 13.2 Å². The number of nitrogens with zero attached hydrogens (tertiary/aromatic N) is 1. The van der Waals surface area contributed by atoms with Crippen molar-refractivity contribution in [2.75, 3.05) is 44.0 Å². The van der Waals surface area contributed by atoms with Crippen molar-refractivity contribution in [2.45, 2.75) is 29.7 Å². The summed E-state index contributed by atoms with van der Waals surface area (Å²) >= 11 is 2.01. The van der Waals surface area contributed by atoms with Crippen molar-refractivity contribution in [1.29, 1.82) is 0 Å². The van der Waals surface area contributed by atoms with E-state index >= 15 is 0 Å². The van der Waals surface area contributed by atoms with Gasteiger partial charge in [-0.1, -0.05) is 18.2 Å². The fourth-order valence-corrected chi connectivity index (χ4v) is 6.20. The Morgan fingerprint density at radius 1 is 1.31 bits per heavy atom. The zero-order chi connectivity index (χ0) is 19.8. The molecule has 0 amide bonds. The summed E-state index contributed by atoms with van der Waals surface area (Å²) in [4.78, 5) is 4.14. The summed E-state index contributed by atoms with van der Waals surface area (Å²) in [6.45, 7) is 3.41. The molecule has 2 aromatic rings. The van der Waals surface area contributed by atoms with Gasteiger partial charge in [-0.15, -0.1) is 11.8 Å². The lowest BCUT2D eigenvalue weighted by molar-refractivity contribution is 0.343. The standard InChI is InChI=1S/C24H28N2O2S/c1-28-18-5-6-19(16(12-18)4-2-10-27)17-13-20-21-15-25-8-7-22(21)26-9-3-11-29-23(14-17)24(20)26/h2,4-6,12-14,21-22,25,27H,3,7-11,15H2,1H3/b4-2+/t21-,22-/m0/s1. The van der Waals surface area contributed by atoms with Gasteiger partial charge in [-0.25, -0.2) is 0 Å². The normalized spacial score (nSPS) is 23.0. The molecule has 5 heteroatoms. The number of piperidine rings is 1. The largest absolute Gasteiger partial charge is 0.497 e. The van der Waals surface area contributed by atoms with Crippen LogP contribution in [-0.4, -0.2) is 50.3 Å². The molecule has 0 saturated carbocycles. The zero-order valence-electron chi connectivity index (χ0n) is 16.9. The molecule has 0 aromatic heterocycles. The van der Waals surface area contributed by atoms with E-state index in [9.17, 15) is 5.11 Å². The Hall–Kier alpha value is -1.95. The number of aliphatic hydroxyl groups is 1. The van der Waals surface area contributed by atoms with Gasteiger partial charge in [0.25, 0.3) is 0 Å². The van der Waals surface area contributed by atoms with Crippen LogP contribution in [0.1, 0.15) is 29.9 Å². The third kappa shape index (κ3) is 3.35. The molecule has 2 N–H and O–H groups in total. The smallest absolute Gasteiger partial charge is 0.119 e. The minimum atomic E-state index is 0.0341. The molecular formula is C24H28N2O2S. The highest BCUT2D eigenvalue weighted by atomic mass is 32.2. The van der Waals surface area contributed by atoms with Crippen LogP contribution in [0.4, 0.5) is 5.69 Å². The summed E-state index contributed by atoms with van der Waals surface area (Å²) in [5, 5.41) is 12.9. The van der Waals surface area contributed by atoms with Crippen LogP contribution in [0.3, 0.4) is 0 Å². The molecule has 5 rings (SSSR count). The van der Waals surface area contributed by atoms with Gasteiger partial charge in [0.15, 0.2) is 0 Å². The van der Waals surface area contributed by atoms with Crippen LogP contribution in [-0.2, 0) is 0 Å². The Balaban J connectivity index is 1.66. The third-order valence-electron chi connectivity index (χ3n) is 6.41. The maximum atomic E-state index is 9.29. The number of hydrogen-bond acceptors (Lipinski definition) is 5. The molecule has 0 aliphatic carbocycles. The Morgan fingerprint density at radius 2 is 2.24 bits per heavy atom. The van der Waals surface area contributed by atoms with Gasteiger partial charge in [0.1, 0.15) is 5.75 Å². The van der Waals surface area contributed by atoms with Gasteiger partial charge < -0.3 is 20.1 Å². The van der Waals surface area contributed by atoms with E-state index in [1.807, 2.05) is 23.9 Å². The number of aliphatic hydroxyl groups excluding tert-OH is 1. The predicted octanol–water partition coefficient (Wildman–Crippen LogP) is 4.13. The first kappa shape index (κ1) is 19.0. The quantitative estimate of drug-likeness (QED) is 0.797. The number of fused-ring (bicyclic) bond motifs is 3. The fourth-order valence-electron chi connectivity index (χ4n) is 5.13. The molecule has 3 aliphatic heterocycles. The second-order valence-corrected chi connectivity index (χ2v) is 9.15. The summed E-state index contributed by atoms with van der Waals surface area (Å²) in [7, 11) is 1.69. The number of methoxy groups -OCH3 is 1. The van der Waals surface area contributed by atoms with Crippen molar-refractivity contribution in [3.63, 3.8) is 0 Å². The predicted molar refractivity (Wildman–Crippen MR) is 121 cm³/mol. The van der Waals surface area contributed by atoms with Gasteiger partial charge in [-0.2, -0.15) is 0 Å². The molecular weight excluding hydrogens is 380 g/mol. The van der Waals surface area contributed by atoms with E-state index in [-0.39, 0.29) is 6.61 Å². The van der Waals surface area contributed by atoms with Crippen LogP contribution in [0.15, 0.2) is 41.3 Å². The first-order chi connectivity index (χ1) is 14.3. The average Bonchev–Trinajstić information content (AvgIpc) is 2.92. The lowest BCUT2D eigenvalue weighted by Crippen LogP contribution is -2.44. The molecule has 1 fully saturated rings. The van der Waals surface area contributed by atoms with Gasteiger partial charge in [0, 0.05) is 29.9 Å². The molecule has 0 radical (unpaired) electrons. The highest BCUT2D eigenvalue weighted by Crippen LogP contribution is 2.51. The molecule has 4 nitrogen and oxygen atoms in total. The Kier molecular flexibility index (Phi) is 5.29. The molecule has 2 atom stereocenters. The van der Waals surface area contributed by atoms with Crippen LogP contribution >= 0.6 is 11.8 Å². The molecule has 0 bridgehead atoms. The minimum absolute atomic E-state index is 0.0341. The fraction of sp³-hybridized carbons (Fsp3) is 0.417. The Morgan fingerprint density at radius 3 is 3.10 bits per heavy atom. The van der Waals surface area contributed by atoms with Crippen molar-refractivity contribution >= 4 is 23.5 Å². The Labute approximate surface area is 177 Å². The first-order valence-electron chi connectivity index (χ1n) is 10.5.